The van der Waals surface area contributed by atoms with E-state index in [4.69, 9.17) is 4.52 Å². The first-order chi connectivity index (χ1) is 11.6. The molecule has 3 rings (SSSR count). The second kappa shape index (κ2) is 7.12. The third-order valence-electron chi connectivity index (χ3n) is 3.81. The lowest BCUT2D eigenvalue weighted by atomic mass is 10.3. The van der Waals surface area contributed by atoms with E-state index in [-0.39, 0.29) is 11.9 Å². The van der Waals surface area contributed by atoms with Gasteiger partial charge in [0, 0.05) is 38.4 Å². The van der Waals surface area contributed by atoms with Crippen LogP contribution in [-0.2, 0) is 0 Å². The highest BCUT2D eigenvalue weighted by Crippen LogP contribution is 2.12. The molecule has 24 heavy (non-hydrogen) atoms. The van der Waals surface area contributed by atoms with E-state index in [9.17, 15) is 9.59 Å². The number of nitrogens with zero attached hydrogens (tertiary/aromatic N) is 4. The highest BCUT2D eigenvalue weighted by molar-refractivity contribution is 5.92. The molecule has 8 heteroatoms. The molecule has 1 aliphatic heterocycles. The van der Waals surface area contributed by atoms with Crippen molar-refractivity contribution in [1.82, 2.24) is 19.9 Å². The van der Waals surface area contributed by atoms with E-state index < -0.39 is 0 Å². The van der Waals surface area contributed by atoms with Crippen molar-refractivity contribution < 1.29 is 14.1 Å². The Morgan fingerprint density at radius 2 is 1.96 bits per heavy atom. The minimum Gasteiger partial charge on any atom is -0.338 e. The highest BCUT2D eigenvalue weighted by atomic mass is 16.5. The Labute approximate surface area is 139 Å². The first-order valence-corrected chi connectivity index (χ1v) is 7.83. The third kappa shape index (κ3) is 3.70. The van der Waals surface area contributed by atoms with Crippen LogP contribution in [0.15, 0.2) is 35.0 Å². The number of aromatic nitrogens is 2. The number of carbonyl (C=O) groups is 2. The van der Waals surface area contributed by atoms with Crippen LogP contribution in [0.25, 0.3) is 0 Å². The van der Waals surface area contributed by atoms with E-state index >= 15 is 0 Å². The zero-order valence-corrected chi connectivity index (χ0v) is 13.4. The summed E-state index contributed by atoms with van der Waals surface area (Å²) in [7, 11) is 0. The number of amides is 3. The van der Waals surface area contributed by atoms with Crippen molar-refractivity contribution in [2.75, 3.05) is 31.5 Å². The van der Waals surface area contributed by atoms with Gasteiger partial charge < -0.3 is 14.3 Å². The second-order valence-electron chi connectivity index (χ2n) is 5.61. The van der Waals surface area contributed by atoms with Gasteiger partial charge in [0.05, 0.1) is 5.69 Å². The van der Waals surface area contributed by atoms with Crippen LogP contribution in [-0.4, -0.2) is 58.1 Å². The molecule has 0 saturated carbocycles. The molecular weight excluding hydrogens is 310 g/mol. The molecule has 2 aromatic heterocycles. The molecular formula is C16H19N5O3. The summed E-state index contributed by atoms with van der Waals surface area (Å²) in [6.45, 7) is 3.88. The zero-order valence-electron chi connectivity index (χ0n) is 13.4. The van der Waals surface area contributed by atoms with E-state index in [0.29, 0.717) is 49.9 Å². The Morgan fingerprint density at radius 1 is 1.17 bits per heavy atom. The molecule has 126 valence electrons. The minimum atomic E-state index is -0.252. The molecule has 0 atom stereocenters. The van der Waals surface area contributed by atoms with Gasteiger partial charge in [-0.05, 0) is 25.5 Å². The number of carbonyl (C=O) groups excluding carboxylic acids is 2. The van der Waals surface area contributed by atoms with E-state index in [1.807, 2.05) is 0 Å². The van der Waals surface area contributed by atoms with Crippen molar-refractivity contribution in [2.45, 2.75) is 13.3 Å². The SMILES string of the molecule is Cc1cc(NC(=O)N2CCCN(C(=O)c3ccccn3)CC2)on1. The Balaban J connectivity index is 1.58. The lowest BCUT2D eigenvalue weighted by Crippen LogP contribution is -2.39. The van der Waals surface area contributed by atoms with Gasteiger partial charge in [-0.2, -0.15) is 0 Å². The Kier molecular flexibility index (Phi) is 4.74. The molecule has 0 aromatic carbocycles. The van der Waals surface area contributed by atoms with Crippen LogP contribution in [0.3, 0.4) is 0 Å². The van der Waals surface area contributed by atoms with Gasteiger partial charge in [-0.1, -0.05) is 11.2 Å². The Hall–Kier alpha value is -2.90. The van der Waals surface area contributed by atoms with Crippen LogP contribution in [0.4, 0.5) is 10.7 Å². The highest BCUT2D eigenvalue weighted by Gasteiger charge is 2.23. The van der Waals surface area contributed by atoms with Crippen molar-refractivity contribution in [2.24, 2.45) is 0 Å². The summed E-state index contributed by atoms with van der Waals surface area (Å²) in [5, 5.41) is 6.41. The molecule has 1 aliphatic rings. The van der Waals surface area contributed by atoms with Crippen molar-refractivity contribution in [3.8, 4) is 0 Å². The molecule has 3 amide bonds. The summed E-state index contributed by atoms with van der Waals surface area (Å²) in [6, 6.07) is 6.67. The van der Waals surface area contributed by atoms with Gasteiger partial charge in [-0.15, -0.1) is 0 Å². The van der Waals surface area contributed by atoms with E-state index in [1.54, 1.807) is 47.2 Å². The standard InChI is InChI=1S/C16H19N5O3/c1-12-11-14(24-19-12)18-16(23)21-8-4-7-20(9-10-21)15(22)13-5-2-3-6-17-13/h2-3,5-6,11H,4,7-10H2,1H3,(H,18,23). The number of urea groups is 1. The lowest BCUT2D eigenvalue weighted by Gasteiger charge is -2.21. The van der Waals surface area contributed by atoms with E-state index in [2.05, 4.69) is 15.5 Å². The second-order valence-corrected chi connectivity index (χ2v) is 5.61. The molecule has 0 radical (unpaired) electrons. The molecule has 8 nitrogen and oxygen atoms in total. The summed E-state index contributed by atoms with van der Waals surface area (Å²) in [5.41, 5.74) is 1.13. The Bertz CT molecular complexity index is 716. The average Bonchev–Trinajstić information content (AvgIpc) is 2.86. The van der Waals surface area contributed by atoms with Crippen LogP contribution in [0, 0.1) is 6.92 Å². The minimum absolute atomic E-state index is 0.108. The summed E-state index contributed by atoms with van der Waals surface area (Å²) in [5.74, 6) is 0.215. The van der Waals surface area contributed by atoms with Gasteiger partial charge >= 0.3 is 6.03 Å². The van der Waals surface area contributed by atoms with Crippen molar-refractivity contribution in [1.29, 1.82) is 0 Å². The molecule has 2 aromatic rings. The van der Waals surface area contributed by atoms with E-state index in [1.165, 1.54) is 0 Å². The van der Waals surface area contributed by atoms with Gasteiger partial charge in [0.25, 0.3) is 5.91 Å². The maximum Gasteiger partial charge on any atom is 0.324 e. The van der Waals surface area contributed by atoms with E-state index in [0.717, 1.165) is 0 Å². The molecule has 1 saturated heterocycles. The molecule has 3 heterocycles. The number of anilines is 1. The monoisotopic (exact) mass is 329 g/mol. The number of hydrogen-bond acceptors (Lipinski definition) is 5. The average molecular weight is 329 g/mol. The Morgan fingerprint density at radius 3 is 2.67 bits per heavy atom. The molecule has 0 spiro atoms. The largest absolute Gasteiger partial charge is 0.338 e. The van der Waals surface area contributed by atoms with Crippen LogP contribution in [0.5, 0.6) is 0 Å². The van der Waals surface area contributed by atoms with Gasteiger partial charge in [-0.25, -0.2) is 4.79 Å². The lowest BCUT2D eigenvalue weighted by molar-refractivity contribution is 0.0757. The summed E-state index contributed by atoms with van der Waals surface area (Å²) < 4.78 is 4.99. The van der Waals surface area contributed by atoms with Crippen LogP contribution in [0.2, 0.25) is 0 Å². The molecule has 0 bridgehead atoms. The maximum atomic E-state index is 12.4. The van der Waals surface area contributed by atoms with Crippen LogP contribution in [0.1, 0.15) is 22.6 Å². The normalized spacial score (nSPS) is 15.0. The number of hydrogen-bond donors (Lipinski definition) is 1. The molecule has 1 N–H and O–H groups in total. The summed E-state index contributed by atoms with van der Waals surface area (Å²) in [4.78, 5) is 32.2. The van der Waals surface area contributed by atoms with Gasteiger partial charge in [0.15, 0.2) is 0 Å². The van der Waals surface area contributed by atoms with Crippen molar-refractivity contribution in [3.05, 3.63) is 41.9 Å². The topological polar surface area (TPSA) is 91.6 Å². The summed E-state index contributed by atoms with van der Waals surface area (Å²) in [6.07, 6.45) is 2.31. The van der Waals surface area contributed by atoms with Gasteiger partial charge in [0.1, 0.15) is 5.69 Å². The van der Waals surface area contributed by atoms with Crippen LogP contribution >= 0.6 is 0 Å². The number of aryl methyl sites for hydroxylation is 1. The van der Waals surface area contributed by atoms with Crippen molar-refractivity contribution >= 4 is 17.8 Å². The predicted molar refractivity (Wildman–Crippen MR) is 86.6 cm³/mol. The van der Waals surface area contributed by atoms with Crippen molar-refractivity contribution in [3.63, 3.8) is 0 Å². The van der Waals surface area contributed by atoms with Gasteiger partial charge in [-0.3, -0.25) is 15.1 Å². The zero-order chi connectivity index (χ0) is 16.9. The summed E-state index contributed by atoms with van der Waals surface area (Å²) >= 11 is 0. The predicted octanol–water partition coefficient (Wildman–Crippen LogP) is 1.76. The first kappa shape index (κ1) is 16.0. The molecule has 0 aliphatic carbocycles. The molecule has 1 fully saturated rings. The molecule has 0 unspecified atom stereocenters. The fraction of sp³-hybridized carbons (Fsp3) is 0.375. The maximum absolute atomic E-state index is 12.4. The third-order valence-corrected chi connectivity index (χ3v) is 3.81. The number of pyridine rings is 1. The fourth-order valence-electron chi connectivity index (χ4n) is 2.58. The first-order valence-electron chi connectivity index (χ1n) is 7.83. The fourth-order valence-corrected chi connectivity index (χ4v) is 2.58. The van der Waals surface area contributed by atoms with Crippen LogP contribution < -0.4 is 5.32 Å². The number of nitrogens with one attached hydrogen (secondary N) is 1. The quantitative estimate of drug-likeness (QED) is 0.906. The number of rotatable bonds is 2. The van der Waals surface area contributed by atoms with Gasteiger partial charge in [0.2, 0.25) is 5.88 Å². The smallest absolute Gasteiger partial charge is 0.324 e.